The summed E-state index contributed by atoms with van der Waals surface area (Å²) in [5, 5.41) is 0. The molecule has 0 aliphatic carbocycles. The molecule has 0 aliphatic heterocycles. The molecule has 0 aliphatic rings. The molecule has 1 aromatic rings. The van der Waals surface area contributed by atoms with Crippen molar-refractivity contribution in [3.8, 4) is 0 Å². The van der Waals surface area contributed by atoms with E-state index in [1.165, 1.54) is 6.07 Å². The lowest BCUT2D eigenvalue weighted by atomic mass is 10.4. The van der Waals surface area contributed by atoms with Crippen molar-refractivity contribution in [2.24, 2.45) is 0 Å². The summed E-state index contributed by atoms with van der Waals surface area (Å²) in [5.74, 6) is -0.829. The number of nitrogens with zero attached hydrogens (tertiary/aromatic N) is 3. The molecule has 1 aromatic heterocycles. The van der Waals surface area contributed by atoms with Gasteiger partial charge in [-0.15, -0.1) is 0 Å². The Labute approximate surface area is 79.6 Å². The van der Waals surface area contributed by atoms with Crippen LogP contribution in [0.2, 0.25) is 0 Å². The molecule has 14 heavy (non-hydrogen) atoms. The second-order valence-corrected chi connectivity index (χ2v) is 2.75. The van der Waals surface area contributed by atoms with Gasteiger partial charge >= 0.3 is 6.18 Å². The summed E-state index contributed by atoms with van der Waals surface area (Å²) in [6.07, 6.45) is -3.37. The molecule has 0 atom stereocenters. The van der Waals surface area contributed by atoms with E-state index < -0.39 is 12.0 Å². The molecule has 0 bridgehead atoms. The van der Waals surface area contributed by atoms with E-state index in [1.54, 1.807) is 11.9 Å². The van der Waals surface area contributed by atoms with Crippen molar-refractivity contribution in [1.29, 1.82) is 0 Å². The number of rotatable bonds is 2. The molecule has 0 amide bonds. The van der Waals surface area contributed by atoms with Crippen LogP contribution >= 0.6 is 0 Å². The van der Waals surface area contributed by atoms with Crippen molar-refractivity contribution in [2.45, 2.75) is 13.1 Å². The second kappa shape index (κ2) is 3.81. The molecule has 0 fully saturated rings. The van der Waals surface area contributed by atoms with Gasteiger partial charge in [0.25, 0.3) is 0 Å². The lowest BCUT2D eigenvalue weighted by Gasteiger charge is -2.16. The minimum atomic E-state index is -4.48. The Kier molecular flexibility index (Phi) is 2.93. The predicted octanol–water partition coefficient (Wildman–Crippen LogP) is 1.95. The summed E-state index contributed by atoms with van der Waals surface area (Å²) in [7, 11) is 1.67. The number of halogens is 3. The van der Waals surface area contributed by atoms with Crippen LogP contribution in [0.1, 0.15) is 12.7 Å². The minimum Gasteiger partial charge on any atom is -0.360 e. The Morgan fingerprint density at radius 1 is 1.43 bits per heavy atom. The van der Waals surface area contributed by atoms with Crippen molar-refractivity contribution in [2.75, 3.05) is 18.5 Å². The molecule has 1 heterocycles. The molecule has 6 heteroatoms. The van der Waals surface area contributed by atoms with Gasteiger partial charge in [-0.25, -0.2) is 9.97 Å². The summed E-state index contributed by atoms with van der Waals surface area (Å²) in [5.41, 5.74) is 0. The van der Waals surface area contributed by atoms with E-state index in [9.17, 15) is 13.2 Å². The van der Waals surface area contributed by atoms with Gasteiger partial charge in [-0.05, 0) is 13.0 Å². The highest BCUT2D eigenvalue weighted by Crippen LogP contribution is 2.26. The van der Waals surface area contributed by atoms with Crippen LogP contribution in [-0.4, -0.2) is 23.6 Å². The zero-order valence-electron chi connectivity index (χ0n) is 7.84. The molecular weight excluding hydrogens is 195 g/mol. The first-order chi connectivity index (χ1) is 6.45. The standard InChI is InChI=1S/C8H10F3N3/c1-3-14(2)6-4-5-12-7(13-6)8(9,10)11/h4-5H,3H2,1-2H3. The van der Waals surface area contributed by atoms with Gasteiger partial charge in [0.2, 0.25) is 5.82 Å². The van der Waals surface area contributed by atoms with Crippen molar-refractivity contribution in [3.63, 3.8) is 0 Å². The third kappa shape index (κ3) is 2.34. The molecule has 3 nitrogen and oxygen atoms in total. The highest BCUT2D eigenvalue weighted by atomic mass is 19.4. The number of anilines is 1. The SMILES string of the molecule is CCN(C)c1ccnc(C(F)(F)F)n1. The number of alkyl halides is 3. The molecule has 0 saturated carbocycles. The highest BCUT2D eigenvalue weighted by Gasteiger charge is 2.34. The quantitative estimate of drug-likeness (QED) is 0.738. The molecule has 78 valence electrons. The van der Waals surface area contributed by atoms with E-state index in [2.05, 4.69) is 9.97 Å². The van der Waals surface area contributed by atoms with Gasteiger partial charge in [0.05, 0.1) is 0 Å². The van der Waals surface area contributed by atoms with E-state index in [0.717, 1.165) is 6.20 Å². The average Bonchev–Trinajstić information content (AvgIpc) is 2.15. The minimum absolute atomic E-state index is 0.273. The second-order valence-electron chi connectivity index (χ2n) is 2.75. The first-order valence-electron chi connectivity index (χ1n) is 4.06. The van der Waals surface area contributed by atoms with E-state index in [4.69, 9.17) is 0 Å². The summed E-state index contributed by atoms with van der Waals surface area (Å²) < 4.78 is 36.6. The summed E-state index contributed by atoms with van der Waals surface area (Å²) in [6, 6.07) is 1.44. The van der Waals surface area contributed by atoms with Gasteiger partial charge in [-0.3, -0.25) is 0 Å². The van der Waals surface area contributed by atoms with Crippen LogP contribution in [0.4, 0.5) is 19.0 Å². The van der Waals surface area contributed by atoms with Gasteiger partial charge < -0.3 is 4.90 Å². The first kappa shape index (κ1) is 10.7. The van der Waals surface area contributed by atoms with Crippen LogP contribution < -0.4 is 4.90 Å². The Morgan fingerprint density at radius 3 is 2.57 bits per heavy atom. The smallest absolute Gasteiger partial charge is 0.360 e. The van der Waals surface area contributed by atoms with Crippen LogP contribution in [0.25, 0.3) is 0 Å². The Balaban J connectivity index is 3.01. The Hall–Kier alpha value is -1.33. The first-order valence-corrected chi connectivity index (χ1v) is 4.06. The number of hydrogen-bond acceptors (Lipinski definition) is 3. The molecule has 0 spiro atoms. The third-order valence-electron chi connectivity index (χ3n) is 1.76. The maximum Gasteiger partial charge on any atom is 0.451 e. The maximum absolute atomic E-state index is 12.2. The molecule has 0 unspecified atom stereocenters. The summed E-state index contributed by atoms with van der Waals surface area (Å²) >= 11 is 0. The lowest BCUT2D eigenvalue weighted by molar-refractivity contribution is -0.144. The fourth-order valence-electron chi connectivity index (χ4n) is 0.860. The Morgan fingerprint density at radius 2 is 2.07 bits per heavy atom. The topological polar surface area (TPSA) is 29.0 Å². The number of aromatic nitrogens is 2. The van der Waals surface area contributed by atoms with E-state index in [-0.39, 0.29) is 5.82 Å². The van der Waals surface area contributed by atoms with Gasteiger partial charge in [0.1, 0.15) is 5.82 Å². The molecule has 0 N–H and O–H groups in total. The fraction of sp³-hybridized carbons (Fsp3) is 0.500. The molecule has 1 rings (SSSR count). The van der Waals surface area contributed by atoms with Crippen LogP contribution in [0.15, 0.2) is 12.3 Å². The van der Waals surface area contributed by atoms with Crippen LogP contribution in [-0.2, 0) is 6.18 Å². The molecule has 0 saturated heterocycles. The molecule has 0 radical (unpaired) electrons. The van der Waals surface area contributed by atoms with Gasteiger partial charge in [-0.2, -0.15) is 13.2 Å². The third-order valence-corrected chi connectivity index (χ3v) is 1.76. The Bertz CT molecular complexity index is 311. The summed E-state index contributed by atoms with van der Waals surface area (Å²) in [6.45, 7) is 2.42. The molecular formula is C8H10F3N3. The van der Waals surface area contributed by atoms with E-state index >= 15 is 0 Å². The van der Waals surface area contributed by atoms with Crippen LogP contribution in [0, 0.1) is 0 Å². The number of hydrogen-bond donors (Lipinski definition) is 0. The average molecular weight is 205 g/mol. The van der Waals surface area contributed by atoms with Gasteiger partial charge in [0, 0.05) is 19.8 Å². The van der Waals surface area contributed by atoms with Crippen molar-refractivity contribution in [1.82, 2.24) is 9.97 Å². The van der Waals surface area contributed by atoms with Crippen molar-refractivity contribution in [3.05, 3.63) is 18.1 Å². The molecule has 0 aromatic carbocycles. The van der Waals surface area contributed by atoms with Crippen molar-refractivity contribution < 1.29 is 13.2 Å². The van der Waals surface area contributed by atoms with Crippen molar-refractivity contribution >= 4 is 5.82 Å². The highest BCUT2D eigenvalue weighted by molar-refractivity contribution is 5.36. The monoisotopic (exact) mass is 205 g/mol. The lowest BCUT2D eigenvalue weighted by Crippen LogP contribution is -2.20. The van der Waals surface area contributed by atoms with E-state index in [1.807, 2.05) is 6.92 Å². The van der Waals surface area contributed by atoms with Crippen LogP contribution in [0.5, 0.6) is 0 Å². The zero-order chi connectivity index (χ0) is 10.8. The zero-order valence-corrected chi connectivity index (χ0v) is 7.84. The fourth-order valence-corrected chi connectivity index (χ4v) is 0.860. The van der Waals surface area contributed by atoms with Gasteiger partial charge in [-0.1, -0.05) is 0 Å². The van der Waals surface area contributed by atoms with E-state index in [0.29, 0.717) is 6.54 Å². The maximum atomic E-state index is 12.2. The normalized spacial score (nSPS) is 11.5. The summed E-state index contributed by atoms with van der Waals surface area (Å²) in [4.78, 5) is 8.18. The van der Waals surface area contributed by atoms with Crippen LogP contribution in [0.3, 0.4) is 0 Å². The predicted molar refractivity (Wildman–Crippen MR) is 46.0 cm³/mol. The van der Waals surface area contributed by atoms with Gasteiger partial charge in [0.15, 0.2) is 0 Å². The largest absolute Gasteiger partial charge is 0.451 e.